The Morgan fingerprint density at radius 3 is 2.39 bits per heavy atom. The van der Waals surface area contributed by atoms with Gasteiger partial charge < -0.3 is 5.32 Å². The van der Waals surface area contributed by atoms with Crippen LogP contribution in [0.25, 0.3) is 5.69 Å². The molecule has 4 rings (SSSR count). The third-order valence-electron chi connectivity index (χ3n) is 5.38. The average molecular weight is 487 g/mol. The number of sulfonamides is 1. The summed E-state index contributed by atoms with van der Waals surface area (Å²) in [6.45, 7) is 4.60. The first-order valence-electron chi connectivity index (χ1n) is 10.6. The lowest BCUT2D eigenvalue weighted by Crippen LogP contribution is -2.23. The zero-order valence-corrected chi connectivity index (χ0v) is 19.8. The Kier molecular flexibility index (Phi) is 7.13. The molecule has 2 heterocycles. The second kappa shape index (κ2) is 10.0. The number of anilines is 1. The third kappa shape index (κ3) is 5.80. The molecule has 1 fully saturated rings. The van der Waals surface area contributed by atoms with Gasteiger partial charge in [-0.05, 0) is 69.3 Å². The molecule has 33 heavy (non-hydrogen) atoms. The van der Waals surface area contributed by atoms with Crippen LogP contribution in [-0.2, 0) is 21.4 Å². The number of hydrogen-bond acceptors (Lipinski definition) is 7. The summed E-state index contributed by atoms with van der Waals surface area (Å²) in [5.74, 6) is 0.615. The van der Waals surface area contributed by atoms with E-state index in [1.54, 1.807) is 6.92 Å². The molecule has 1 aliphatic heterocycles. The smallest absolute Gasteiger partial charge is 0.238 e. The van der Waals surface area contributed by atoms with E-state index in [1.807, 2.05) is 34.9 Å². The number of benzene rings is 2. The molecule has 11 heteroatoms. The molecule has 3 N–H and O–H groups in total. The van der Waals surface area contributed by atoms with Crippen LogP contribution in [0.15, 0.2) is 64.6 Å². The molecule has 1 saturated heterocycles. The van der Waals surface area contributed by atoms with E-state index in [-0.39, 0.29) is 10.8 Å². The molecule has 0 bridgehead atoms. The van der Waals surface area contributed by atoms with Crippen LogP contribution in [0.5, 0.6) is 0 Å². The van der Waals surface area contributed by atoms with E-state index in [1.165, 1.54) is 48.9 Å². The Labute approximate surface area is 197 Å². The maximum absolute atomic E-state index is 12.8. The molecule has 1 amide bonds. The number of likely N-dealkylation sites (tertiary alicyclic amines) is 1. The van der Waals surface area contributed by atoms with Crippen molar-refractivity contribution in [3.63, 3.8) is 0 Å². The first-order chi connectivity index (χ1) is 15.8. The summed E-state index contributed by atoms with van der Waals surface area (Å²) in [5, 5.41) is 16.9. The van der Waals surface area contributed by atoms with Gasteiger partial charge in [-0.15, -0.1) is 10.2 Å². The van der Waals surface area contributed by atoms with Crippen molar-refractivity contribution in [1.82, 2.24) is 19.7 Å². The van der Waals surface area contributed by atoms with Crippen LogP contribution in [0.4, 0.5) is 5.69 Å². The zero-order chi connectivity index (χ0) is 23.4. The summed E-state index contributed by atoms with van der Waals surface area (Å²) in [6, 6.07) is 15.6. The first-order valence-corrected chi connectivity index (χ1v) is 13.1. The summed E-state index contributed by atoms with van der Waals surface area (Å²) in [7, 11) is -3.78. The summed E-state index contributed by atoms with van der Waals surface area (Å²) < 4.78 is 24.8. The lowest BCUT2D eigenvalue weighted by atomic mass is 10.3. The van der Waals surface area contributed by atoms with E-state index >= 15 is 0 Å². The number of carbonyl (C=O) groups is 1. The van der Waals surface area contributed by atoms with Gasteiger partial charge in [-0.3, -0.25) is 14.3 Å². The van der Waals surface area contributed by atoms with Crippen LogP contribution in [0.3, 0.4) is 0 Å². The quantitative estimate of drug-likeness (QED) is 0.469. The summed E-state index contributed by atoms with van der Waals surface area (Å²) in [4.78, 5) is 15.1. The lowest BCUT2D eigenvalue weighted by Gasteiger charge is -2.17. The predicted molar refractivity (Wildman–Crippen MR) is 128 cm³/mol. The molecule has 0 aliphatic carbocycles. The van der Waals surface area contributed by atoms with E-state index < -0.39 is 15.3 Å². The third-order valence-corrected chi connectivity index (χ3v) is 7.35. The number of hydrogen-bond donors (Lipinski definition) is 2. The summed E-state index contributed by atoms with van der Waals surface area (Å²) >= 11 is 1.32. The highest BCUT2D eigenvalue weighted by atomic mass is 32.2. The number of amides is 1. The molecule has 0 unspecified atom stereocenters. The van der Waals surface area contributed by atoms with E-state index in [2.05, 4.69) is 20.4 Å². The minimum absolute atomic E-state index is 0.00980. The van der Waals surface area contributed by atoms with Crippen molar-refractivity contribution in [3.8, 4) is 5.69 Å². The van der Waals surface area contributed by atoms with Crippen molar-refractivity contribution in [2.75, 3.05) is 18.4 Å². The highest BCUT2D eigenvalue weighted by Gasteiger charge is 2.23. The molecule has 174 valence electrons. The Hall–Kier alpha value is -2.73. The fraction of sp³-hybridized carbons (Fsp3) is 0.318. The normalized spacial score (nSPS) is 15.5. The molecule has 3 aromatic rings. The molecular formula is C22H26N6O3S2. The van der Waals surface area contributed by atoms with E-state index in [4.69, 9.17) is 5.14 Å². The molecule has 9 nitrogen and oxygen atoms in total. The number of thioether (sulfide) groups is 1. The van der Waals surface area contributed by atoms with Gasteiger partial charge in [0.1, 0.15) is 0 Å². The molecule has 0 radical (unpaired) electrons. The number of primary sulfonamides is 1. The number of nitrogens with two attached hydrogens (primary N) is 1. The molecule has 1 aliphatic rings. The maximum Gasteiger partial charge on any atom is 0.238 e. The van der Waals surface area contributed by atoms with Crippen molar-refractivity contribution in [2.24, 2.45) is 5.14 Å². The number of para-hydroxylation sites is 1. The van der Waals surface area contributed by atoms with Crippen LogP contribution < -0.4 is 10.5 Å². The molecular weight excluding hydrogens is 460 g/mol. The van der Waals surface area contributed by atoms with Gasteiger partial charge >= 0.3 is 0 Å². The molecule has 1 atom stereocenters. The van der Waals surface area contributed by atoms with Crippen molar-refractivity contribution >= 4 is 33.4 Å². The van der Waals surface area contributed by atoms with E-state index in [0.717, 1.165) is 24.6 Å². The fourth-order valence-corrected chi connectivity index (χ4v) is 5.04. The van der Waals surface area contributed by atoms with Gasteiger partial charge in [-0.25, -0.2) is 13.6 Å². The first kappa shape index (κ1) is 23.4. The average Bonchev–Trinajstić information content (AvgIpc) is 3.44. The van der Waals surface area contributed by atoms with E-state index in [9.17, 15) is 13.2 Å². The molecule has 0 saturated carbocycles. The van der Waals surface area contributed by atoms with Crippen LogP contribution in [0.1, 0.15) is 25.6 Å². The van der Waals surface area contributed by atoms with E-state index in [0.29, 0.717) is 17.4 Å². The SMILES string of the molecule is C[C@H](Sc1nnc(CN2CCCC2)n1-c1ccccc1)C(=O)Nc1ccc(S(N)(=O)=O)cc1. The Bertz CT molecular complexity index is 1210. The van der Waals surface area contributed by atoms with Gasteiger partial charge in [0.2, 0.25) is 15.9 Å². The molecule has 2 aromatic carbocycles. The van der Waals surface area contributed by atoms with Crippen molar-refractivity contribution in [3.05, 3.63) is 60.4 Å². The fourth-order valence-electron chi connectivity index (χ4n) is 3.64. The minimum atomic E-state index is -3.78. The van der Waals surface area contributed by atoms with Crippen LogP contribution in [0, 0.1) is 0 Å². The monoisotopic (exact) mass is 486 g/mol. The summed E-state index contributed by atoms with van der Waals surface area (Å²) in [6.07, 6.45) is 2.38. The van der Waals surface area contributed by atoms with Gasteiger partial charge in [-0.1, -0.05) is 30.0 Å². The van der Waals surface area contributed by atoms with Gasteiger partial charge in [0.15, 0.2) is 11.0 Å². The molecule has 1 aromatic heterocycles. The zero-order valence-electron chi connectivity index (χ0n) is 18.2. The van der Waals surface area contributed by atoms with Crippen molar-refractivity contribution in [1.29, 1.82) is 0 Å². The second-order valence-electron chi connectivity index (χ2n) is 7.87. The highest BCUT2D eigenvalue weighted by Crippen LogP contribution is 2.27. The largest absolute Gasteiger partial charge is 0.325 e. The lowest BCUT2D eigenvalue weighted by molar-refractivity contribution is -0.115. The van der Waals surface area contributed by atoms with Gasteiger partial charge in [0.25, 0.3) is 0 Å². The summed E-state index contributed by atoms with van der Waals surface area (Å²) in [5.41, 5.74) is 1.43. The highest BCUT2D eigenvalue weighted by molar-refractivity contribution is 8.00. The van der Waals surface area contributed by atoms with Gasteiger partial charge in [0, 0.05) is 11.4 Å². The Morgan fingerprint density at radius 2 is 1.76 bits per heavy atom. The number of carbonyl (C=O) groups excluding carboxylic acids is 1. The predicted octanol–water partition coefficient (Wildman–Crippen LogP) is 2.63. The Balaban J connectivity index is 1.50. The van der Waals surface area contributed by atoms with Crippen LogP contribution >= 0.6 is 11.8 Å². The van der Waals surface area contributed by atoms with Gasteiger partial charge in [0.05, 0.1) is 16.7 Å². The number of nitrogens with zero attached hydrogens (tertiary/aromatic N) is 4. The van der Waals surface area contributed by atoms with Crippen molar-refractivity contribution in [2.45, 2.75) is 41.6 Å². The minimum Gasteiger partial charge on any atom is -0.325 e. The standard InChI is InChI=1S/C22H26N6O3S2/c1-16(21(29)24-17-9-11-19(12-10-17)33(23,30)31)32-22-26-25-20(15-27-13-5-6-14-27)28(22)18-7-3-2-4-8-18/h2-4,7-12,16H,5-6,13-15H2,1H3,(H,24,29)(H2,23,30,31)/t16-/m0/s1. The Morgan fingerprint density at radius 1 is 1.09 bits per heavy atom. The van der Waals surface area contributed by atoms with Crippen LogP contribution in [-0.4, -0.2) is 52.3 Å². The topological polar surface area (TPSA) is 123 Å². The van der Waals surface area contributed by atoms with Crippen LogP contribution in [0.2, 0.25) is 0 Å². The van der Waals surface area contributed by atoms with Gasteiger partial charge in [-0.2, -0.15) is 0 Å². The maximum atomic E-state index is 12.8. The number of nitrogens with one attached hydrogen (secondary N) is 1. The number of aromatic nitrogens is 3. The number of rotatable bonds is 8. The molecule has 0 spiro atoms. The van der Waals surface area contributed by atoms with Crippen molar-refractivity contribution < 1.29 is 13.2 Å². The second-order valence-corrected chi connectivity index (χ2v) is 10.7.